The van der Waals surface area contributed by atoms with E-state index in [9.17, 15) is 9.50 Å². The molecule has 5 nitrogen and oxygen atoms in total. The minimum absolute atomic E-state index is 0.00616. The molecule has 0 radical (unpaired) electrons. The van der Waals surface area contributed by atoms with Crippen LogP contribution in [0.2, 0.25) is 15.6 Å². The molecule has 2 aromatic rings. The van der Waals surface area contributed by atoms with Crippen molar-refractivity contribution in [1.82, 2.24) is 15.0 Å². The summed E-state index contributed by atoms with van der Waals surface area (Å²) in [5.41, 5.74) is -0.0708. The first-order valence-electron chi connectivity index (χ1n) is 6.28. The summed E-state index contributed by atoms with van der Waals surface area (Å²) in [5.74, 6) is -0.420. The number of hydrogen-bond donors (Lipinski definition) is 1. The molecule has 0 spiro atoms. The summed E-state index contributed by atoms with van der Waals surface area (Å²) in [7, 11) is 0. The first kappa shape index (κ1) is 15.0. The molecule has 0 bridgehead atoms. The Hall–Kier alpha value is -0.950. The Morgan fingerprint density at radius 3 is 2.67 bits per heavy atom. The van der Waals surface area contributed by atoms with Gasteiger partial charge in [-0.05, 0) is 24.4 Å². The summed E-state index contributed by atoms with van der Waals surface area (Å²) in [5, 5.41) is 9.22. The van der Waals surface area contributed by atoms with E-state index in [2.05, 4.69) is 15.0 Å². The van der Waals surface area contributed by atoms with Crippen LogP contribution in [0.4, 0.5) is 10.2 Å². The molecule has 9 heteroatoms. The highest BCUT2D eigenvalue weighted by molar-refractivity contribution is 6.37. The van der Waals surface area contributed by atoms with Gasteiger partial charge in [-0.2, -0.15) is 4.98 Å². The number of aliphatic hydroxyl groups excluding tert-OH is 1. The summed E-state index contributed by atoms with van der Waals surface area (Å²) in [6, 6.07) is -0.117. The fourth-order valence-electron chi connectivity index (χ4n) is 2.57. The highest BCUT2D eigenvalue weighted by atomic mass is 35.5. The lowest BCUT2D eigenvalue weighted by molar-refractivity contribution is 0.266. The molecule has 1 fully saturated rings. The molecule has 2 aromatic heterocycles. The van der Waals surface area contributed by atoms with Gasteiger partial charge in [-0.15, -0.1) is 0 Å². The highest BCUT2D eigenvalue weighted by Crippen LogP contribution is 2.36. The van der Waals surface area contributed by atoms with E-state index in [1.165, 1.54) is 0 Å². The van der Waals surface area contributed by atoms with Crippen LogP contribution in [0, 0.1) is 5.82 Å². The van der Waals surface area contributed by atoms with E-state index in [1.54, 1.807) is 0 Å². The zero-order valence-electron chi connectivity index (χ0n) is 10.7. The monoisotopic (exact) mass is 350 g/mol. The van der Waals surface area contributed by atoms with Crippen LogP contribution < -0.4 is 4.90 Å². The smallest absolute Gasteiger partial charge is 0.225 e. The third-order valence-electron chi connectivity index (χ3n) is 3.51. The third kappa shape index (κ3) is 2.50. The second-order valence-corrected chi connectivity index (χ2v) is 5.77. The molecule has 1 aliphatic rings. The maximum Gasteiger partial charge on any atom is 0.225 e. The number of pyridine rings is 1. The molecule has 1 aliphatic heterocycles. The molecule has 1 N–H and O–H groups in total. The van der Waals surface area contributed by atoms with E-state index in [1.807, 2.05) is 4.90 Å². The summed E-state index contributed by atoms with van der Waals surface area (Å²) < 4.78 is 14.1. The van der Waals surface area contributed by atoms with Crippen molar-refractivity contribution in [3.63, 3.8) is 0 Å². The number of aliphatic hydroxyl groups is 1. The summed E-state index contributed by atoms with van der Waals surface area (Å²) in [4.78, 5) is 13.6. The average Bonchev–Trinajstić information content (AvgIpc) is 2.92. The van der Waals surface area contributed by atoms with Crippen LogP contribution in [-0.2, 0) is 0 Å². The second kappa shape index (κ2) is 5.68. The van der Waals surface area contributed by atoms with Crippen LogP contribution in [0.1, 0.15) is 12.8 Å². The van der Waals surface area contributed by atoms with E-state index >= 15 is 0 Å². The average molecular weight is 352 g/mol. The molecule has 112 valence electrons. The predicted molar refractivity (Wildman–Crippen MR) is 79.8 cm³/mol. The molecule has 0 saturated carbocycles. The van der Waals surface area contributed by atoms with Crippen molar-refractivity contribution >= 4 is 51.5 Å². The van der Waals surface area contributed by atoms with E-state index in [0.717, 1.165) is 12.8 Å². The van der Waals surface area contributed by atoms with Crippen molar-refractivity contribution in [2.75, 3.05) is 18.1 Å². The molecule has 0 aliphatic carbocycles. The number of aromatic nitrogens is 3. The number of nitrogens with zero attached hydrogens (tertiary/aromatic N) is 4. The summed E-state index contributed by atoms with van der Waals surface area (Å²) in [6.45, 7) is 0.623. The van der Waals surface area contributed by atoms with Crippen LogP contribution in [0.5, 0.6) is 0 Å². The summed E-state index contributed by atoms with van der Waals surface area (Å²) in [6.07, 6.45) is 1.69. The Labute approximate surface area is 134 Å². The summed E-state index contributed by atoms with van der Waals surface area (Å²) >= 11 is 17.7. The fourth-order valence-corrected chi connectivity index (χ4v) is 3.21. The molecule has 1 saturated heterocycles. The first-order chi connectivity index (χ1) is 10.0. The van der Waals surface area contributed by atoms with Gasteiger partial charge < -0.3 is 10.0 Å². The van der Waals surface area contributed by atoms with Gasteiger partial charge in [0.25, 0.3) is 0 Å². The third-order valence-corrected chi connectivity index (χ3v) is 4.21. The number of fused-ring (bicyclic) bond motifs is 1. The lowest BCUT2D eigenvalue weighted by Gasteiger charge is -2.25. The second-order valence-electron chi connectivity index (χ2n) is 4.72. The standard InChI is InChI=1S/C12H10Cl3FN4O/c13-9-6-8(7(16)10(14)18-9)17-12(15)19-11(6)20-3-1-2-5(20)4-21/h5,21H,1-4H2. The Morgan fingerprint density at radius 2 is 1.95 bits per heavy atom. The Balaban J connectivity index is 2.30. The van der Waals surface area contributed by atoms with Gasteiger partial charge in [-0.3, -0.25) is 0 Å². The predicted octanol–water partition coefficient (Wildman–Crippen LogP) is 3.09. The van der Waals surface area contributed by atoms with Gasteiger partial charge in [-0.25, -0.2) is 14.4 Å². The van der Waals surface area contributed by atoms with Crippen molar-refractivity contribution in [2.24, 2.45) is 0 Å². The van der Waals surface area contributed by atoms with Crippen molar-refractivity contribution < 1.29 is 9.50 Å². The van der Waals surface area contributed by atoms with Crippen LogP contribution in [0.25, 0.3) is 10.9 Å². The molecule has 3 heterocycles. The van der Waals surface area contributed by atoms with Gasteiger partial charge in [0.2, 0.25) is 5.28 Å². The van der Waals surface area contributed by atoms with Gasteiger partial charge in [0.1, 0.15) is 16.5 Å². The quantitative estimate of drug-likeness (QED) is 0.665. The Bertz CT molecular complexity index is 715. The minimum atomic E-state index is -0.790. The lowest BCUT2D eigenvalue weighted by atomic mass is 10.2. The van der Waals surface area contributed by atoms with Crippen molar-refractivity contribution in [3.05, 3.63) is 21.4 Å². The fraction of sp³-hybridized carbons (Fsp3) is 0.417. The van der Waals surface area contributed by atoms with Crippen LogP contribution in [0.15, 0.2) is 0 Å². The SMILES string of the molecule is OCC1CCCN1c1nc(Cl)nc2c(F)c(Cl)nc(Cl)c12. The Kier molecular flexibility index (Phi) is 4.05. The molecule has 3 rings (SSSR count). The van der Waals surface area contributed by atoms with Gasteiger partial charge in [0, 0.05) is 6.54 Å². The molecule has 0 amide bonds. The molecule has 0 aromatic carbocycles. The van der Waals surface area contributed by atoms with E-state index in [0.29, 0.717) is 12.4 Å². The number of anilines is 1. The zero-order chi connectivity index (χ0) is 15.1. The largest absolute Gasteiger partial charge is 0.394 e. The molecule has 21 heavy (non-hydrogen) atoms. The van der Waals surface area contributed by atoms with Crippen molar-refractivity contribution in [3.8, 4) is 0 Å². The maximum absolute atomic E-state index is 14.1. The number of hydrogen-bond acceptors (Lipinski definition) is 5. The van der Waals surface area contributed by atoms with Gasteiger partial charge in [0.05, 0.1) is 18.0 Å². The van der Waals surface area contributed by atoms with Crippen LogP contribution in [0.3, 0.4) is 0 Å². The zero-order valence-corrected chi connectivity index (χ0v) is 12.9. The van der Waals surface area contributed by atoms with E-state index < -0.39 is 5.82 Å². The highest BCUT2D eigenvalue weighted by Gasteiger charge is 2.29. The van der Waals surface area contributed by atoms with Gasteiger partial charge in [0.15, 0.2) is 11.0 Å². The van der Waals surface area contributed by atoms with E-state index in [-0.39, 0.29) is 39.1 Å². The number of rotatable bonds is 2. The molecule has 1 unspecified atom stereocenters. The van der Waals surface area contributed by atoms with Gasteiger partial charge in [-0.1, -0.05) is 23.2 Å². The normalized spacial score (nSPS) is 18.7. The van der Waals surface area contributed by atoms with E-state index in [4.69, 9.17) is 34.8 Å². The van der Waals surface area contributed by atoms with Gasteiger partial charge >= 0.3 is 0 Å². The van der Waals surface area contributed by atoms with Crippen LogP contribution in [-0.4, -0.2) is 39.3 Å². The van der Waals surface area contributed by atoms with Crippen LogP contribution >= 0.6 is 34.8 Å². The molecular formula is C12H10Cl3FN4O. The molecular weight excluding hydrogens is 342 g/mol. The maximum atomic E-state index is 14.1. The van der Waals surface area contributed by atoms with Crippen molar-refractivity contribution in [1.29, 1.82) is 0 Å². The first-order valence-corrected chi connectivity index (χ1v) is 7.41. The Morgan fingerprint density at radius 1 is 1.19 bits per heavy atom. The minimum Gasteiger partial charge on any atom is -0.394 e. The topological polar surface area (TPSA) is 62.1 Å². The molecule has 1 atom stereocenters. The lowest BCUT2D eigenvalue weighted by Crippen LogP contribution is -2.33. The van der Waals surface area contributed by atoms with Crippen molar-refractivity contribution in [2.45, 2.75) is 18.9 Å². The number of halogens is 4.